The van der Waals surface area contributed by atoms with Crippen LogP contribution >= 0.6 is 24.1 Å². The van der Waals surface area contributed by atoms with Crippen molar-refractivity contribution in [3.05, 3.63) is 0 Å². The summed E-state index contributed by atoms with van der Waals surface area (Å²) >= 11 is 0. The topological polar surface area (TPSA) is 91.5 Å². The monoisotopic (exact) mass is 1220 g/mol. The molecule has 9 nitrogen and oxygen atoms in total. The number of hydrogen-bond donors (Lipinski definition) is 3. The van der Waals surface area contributed by atoms with Gasteiger partial charge in [-0.3, -0.25) is 0 Å². The molecule has 0 spiro atoms. The number of alkyl halides is 36. The molecule has 0 amide bonds. The SMILES string of the molecule is FC(C(F)(F)F)C(F)(F)CO[P+]1(OCC(F)(F)C(F)C(F)(F)F)N[P+](OCC(F)(F)C(F)C(F)(F)F)(OCC(F)(F)C(F)C(F)(F)F)N[P+](OCC(F)(F)C(F)C(F)(F)F)(OCC(F)(F)C(F)C(F)(F)F)N1. The van der Waals surface area contributed by atoms with Crippen LogP contribution in [0, 0.1) is 0 Å². The first kappa shape index (κ1) is 68.4. The van der Waals surface area contributed by atoms with Gasteiger partial charge in [-0.1, -0.05) is 0 Å². The molecular weight excluding hydrogens is 1200 g/mol. The molecule has 0 aliphatic carbocycles. The number of nitrogens with one attached hydrogen (secondary N) is 3. The van der Waals surface area contributed by atoms with Crippen molar-refractivity contribution in [3.63, 3.8) is 0 Å². The molecule has 1 heterocycles. The van der Waals surface area contributed by atoms with Crippen molar-refractivity contribution in [2.24, 2.45) is 0 Å². The highest BCUT2D eigenvalue weighted by Crippen LogP contribution is 2.83. The van der Waals surface area contributed by atoms with Crippen LogP contribution in [0.5, 0.6) is 0 Å². The molecule has 1 fully saturated rings. The number of halogens is 36. The Morgan fingerprint density at radius 3 is 0.403 bits per heavy atom. The van der Waals surface area contributed by atoms with Crippen LogP contribution in [-0.2, 0) is 27.1 Å². The van der Waals surface area contributed by atoms with E-state index < -0.39 is 173 Å². The number of hydrogen-bond acceptors (Lipinski definition) is 9. The molecule has 6 atom stereocenters. The smallest absolute Gasteiger partial charge is 0.231 e. The maximum absolute atomic E-state index is 14.6. The van der Waals surface area contributed by atoms with E-state index in [0.717, 1.165) is 0 Å². The first-order chi connectivity index (χ1) is 31.3. The molecule has 0 saturated carbocycles. The van der Waals surface area contributed by atoms with Gasteiger partial charge in [-0.05, 0) is 0 Å². The lowest BCUT2D eigenvalue weighted by Crippen LogP contribution is -2.54. The van der Waals surface area contributed by atoms with Crippen LogP contribution in [-0.4, -0.2) is 149 Å². The summed E-state index contributed by atoms with van der Waals surface area (Å²) in [7, 11) is -23.4. The Bertz CT molecular complexity index is 1430. The number of rotatable bonds is 24. The van der Waals surface area contributed by atoms with Gasteiger partial charge in [0.1, 0.15) is 0 Å². The van der Waals surface area contributed by atoms with Gasteiger partial charge in [0.05, 0.1) is 14.6 Å². The molecule has 0 radical (unpaired) electrons. The van der Waals surface area contributed by atoms with E-state index in [1.807, 2.05) is 0 Å². The Hall–Kier alpha value is -1.59. The minimum atomic E-state index is -7.80. The van der Waals surface area contributed by atoms with Crippen molar-refractivity contribution >= 4 is 24.1 Å². The van der Waals surface area contributed by atoms with Crippen molar-refractivity contribution in [3.8, 4) is 0 Å². The molecule has 1 saturated heterocycles. The van der Waals surface area contributed by atoms with Gasteiger partial charge in [-0.2, -0.15) is 106 Å². The fourth-order valence-corrected chi connectivity index (χ4v) is 15.0. The largest absolute Gasteiger partial charge is 0.510 e. The van der Waals surface area contributed by atoms with E-state index in [1.54, 1.807) is 0 Å². The van der Waals surface area contributed by atoms with Crippen LogP contribution < -0.4 is 14.6 Å². The second-order valence-electron chi connectivity index (χ2n) is 13.6. The summed E-state index contributed by atoms with van der Waals surface area (Å²) in [6.45, 7) is -24.0. The maximum Gasteiger partial charge on any atom is 0.510 e. The van der Waals surface area contributed by atoms with E-state index in [2.05, 4.69) is 27.1 Å². The van der Waals surface area contributed by atoms with Crippen LogP contribution in [0.1, 0.15) is 0 Å². The molecule has 0 bridgehead atoms. The first-order valence-electron chi connectivity index (χ1n) is 16.7. The summed E-state index contributed by atoms with van der Waals surface area (Å²) in [5.41, 5.74) is 0. The van der Waals surface area contributed by atoms with Gasteiger partial charge in [-0.15, -0.1) is 0 Å². The first-order valence-corrected chi connectivity index (χ1v) is 21.6. The molecule has 0 aromatic carbocycles. The fourth-order valence-electron chi connectivity index (χ4n) is 3.98. The molecular formula is C24H21F36N3O6P3+3. The lowest BCUT2D eigenvalue weighted by Gasteiger charge is -2.37. The Balaban J connectivity index is 4.81. The molecule has 3 N–H and O–H groups in total. The van der Waals surface area contributed by atoms with E-state index >= 15 is 0 Å². The molecule has 0 aromatic rings. The zero-order chi connectivity index (χ0) is 57.6. The van der Waals surface area contributed by atoms with Crippen LogP contribution in [0.15, 0.2) is 0 Å². The molecule has 1 aliphatic rings. The summed E-state index contributed by atoms with van der Waals surface area (Å²) in [5.74, 6) is -40.0. The Labute approximate surface area is 374 Å². The van der Waals surface area contributed by atoms with Crippen LogP contribution in [0.4, 0.5) is 158 Å². The van der Waals surface area contributed by atoms with Crippen molar-refractivity contribution in [1.82, 2.24) is 14.6 Å². The maximum atomic E-state index is 14.6. The normalized spacial score (nSPS) is 25.0. The van der Waals surface area contributed by atoms with Crippen LogP contribution in [0.25, 0.3) is 0 Å². The second kappa shape index (κ2) is 22.0. The zero-order valence-electron chi connectivity index (χ0n) is 32.6. The van der Waals surface area contributed by atoms with E-state index in [1.165, 1.54) is 0 Å². The highest BCUT2D eigenvalue weighted by molar-refractivity contribution is 7.92. The minimum Gasteiger partial charge on any atom is -0.231 e. The predicted molar refractivity (Wildman–Crippen MR) is 161 cm³/mol. The van der Waals surface area contributed by atoms with Gasteiger partial charge in [0.2, 0.25) is 0 Å². The van der Waals surface area contributed by atoms with E-state index in [4.69, 9.17) is 0 Å². The highest BCUT2D eigenvalue weighted by Gasteiger charge is 2.83. The Morgan fingerprint density at radius 1 is 0.222 bits per heavy atom. The van der Waals surface area contributed by atoms with Gasteiger partial charge in [-0.25, -0.2) is 79.0 Å². The van der Waals surface area contributed by atoms with Gasteiger partial charge < -0.3 is 0 Å². The standard InChI is InChI=1S/C24H21F36N3O6P3/c25-7(19(43,44)45)13(31,32)1-64-70(65-2-14(33,34)8(26)20(46,47)48)61-71(66-3-15(35,36)9(27)21(49,50)51,67-4-16(37,38)10(28)22(52,53)54)63-72(62-70,68-5-17(39,40)11(29)23(55,56)57)69-6-18(41,42)12(30)24(58,59)60/h7-12,61-63H,1-6H2/q+3. The molecule has 0 aromatic heterocycles. The second-order valence-corrected chi connectivity index (χ2v) is 20.8. The average molecular weight is 1220 g/mol. The summed E-state index contributed by atoms with van der Waals surface area (Å²) in [4.78, 5) is 0.817. The van der Waals surface area contributed by atoms with Gasteiger partial charge in [0, 0.05) is 0 Å². The van der Waals surface area contributed by atoms with E-state index in [9.17, 15) is 158 Å². The zero-order valence-corrected chi connectivity index (χ0v) is 35.3. The van der Waals surface area contributed by atoms with Gasteiger partial charge >= 0.3 is 96.6 Å². The molecule has 72 heavy (non-hydrogen) atoms. The highest BCUT2D eigenvalue weighted by atomic mass is 31.3. The molecule has 1 rings (SSSR count). The Kier molecular flexibility index (Phi) is 20.9. The Morgan fingerprint density at radius 2 is 0.319 bits per heavy atom. The molecule has 432 valence electrons. The summed E-state index contributed by atoms with van der Waals surface area (Å²) in [6, 6.07) is 0. The van der Waals surface area contributed by atoms with Crippen molar-refractivity contribution in [2.75, 3.05) is 39.6 Å². The third-order valence-electron chi connectivity index (χ3n) is 7.37. The molecule has 6 unspecified atom stereocenters. The average Bonchev–Trinajstić information content (AvgIpc) is 3.19. The summed E-state index contributed by atoms with van der Waals surface area (Å²) in [5, 5.41) is 0. The summed E-state index contributed by atoms with van der Waals surface area (Å²) in [6.07, 6.45) is -77.5. The molecule has 48 heteroatoms. The predicted octanol–water partition coefficient (Wildman–Crippen LogP) is 13.1. The quantitative estimate of drug-likeness (QED) is 0.0646. The van der Waals surface area contributed by atoms with Crippen LogP contribution in [0.3, 0.4) is 0 Å². The van der Waals surface area contributed by atoms with Crippen molar-refractivity contribution in [1.29, 1.82) is 0 Å². The van der Waals surface area contributed by atoms with Crippen LogP contribution in [0.2, 0.25) is 0 Å². The fraction of sp³-hybridized carbons (Fsp3) is 1.00. The van der Waals surface area contributed by atoms with E-state index in [-0.39, 0.29) is 14.6 Å². The van der Waals surface area contributed by atoms with E-state index in [0.29, 0.717) is 0 Å². The third-order valence-corrected chi connectivity index (χ3v) is 16.6. The molecule has 1 aliphatic heterocycles. The summed E-state index contributed by atoms with van der Waals surface area (Å²) < 4.78 is 515. The van der Waals surface area contributed by atoms with Gasteiger partial charge in [0.15, 0.2) is 39.6 Å². The lowest BCUT2D eigenvalue weighted by molar-refractivity contribution is -0.253. The lowest BCUT2D eigenvalue weighted by atomic mass is 10.2. The van der Waals surface area contributed by atoms with Crippen molar-refractivity contribution < 1.29 is 185 Å². The minimum absolute atomic E-state index is 0.272. The third kappa shape index (κ3) is 18.3. The van der Waals surface area contributed by atoms with Gasteiger partial charge in [0.25, 0.3) is 37.0 Å². The van der Waals surface area contributed by atoms with Crippen molar-refractivity contribution in [2.45, 2.75) is 110 Å².